The van der Waals surface area contributed by atoms with Crippen LogP contribution >= 0.6 is 11.8 Å². The lowest BCUT2D eigenvalue weighted by Gasteiger charge is -2.26. The van der Waals surface area contributed by atoms with E-state index in [-0.39, 0.29) is 0 Å². The Hall–Kier alpha value is -1.18. The van der Waals surface area contributed by atoms with Crippen LogP contribution in [0.15, 0.2) is 23.1 Å². The van der Waals surface area contributed by atoms with Gasteiger partial charge in [-0.3, -0.25) is 0 Å². The zero-order chi connectivity index (χ0) is 13.5. The normalized spacial score (nSPS) is 16.0. The van der Waals surface area contributed by atoms with Crippen molar-refractivity contribution in [3.05, 3.63) is 23.8 Å². The molecule has 1 aliphatic rings. The van der Waals surface area contributed by atoms with E-state index in [9.17, 15) is 5.26 Å². The van der Waals surface area contributed by atoms with Crippen molar-refractivity contribution in [2.45, 2.75) is 24.2 Å². The van der Waals surface area contributed by atoms with Gasteiger partial charge in [-0.25, -0.2) is 0 Å². The number of piperidine rings is 1. The Morgan fingerprint density at radius 2 is 2.11 bits per heavy atom. The van der Waals surface area contributed by atoms with Gasteiger partial charge in [0.2, 0.25) is 0 Å². The average Bonchev–Trinajstić information content (AvgIpc) is 2.48. The second kappa shape index (κ2) is 7.42. The summed E-state index contributed by atoms with van der Waals surface area (Å²) in [6, 6.07) is 8.31. The van der Waals surface area contributed by atoms with Crippen molar-refractivity contribution in [3.8, 4) is 6.07 Å². The predicted octanol–water partition coefficient (Wildman–Crippen LogP) is 3.18. The Morgan fingerprint density at radius 3 is 2.79 bits per heavy atom. The summed E-state index contributed by atoms with van der Waals surface area (Å²) in [6.45, 7) is 4.41. The number of nitriles is 1. The van der Waals surface area contributed by atoms with Crippen LogP contribution in [-0.4, -0.2) is 37.3 Å². The van der Waals surface area contributed by atoms with Crippen LogP contribution in [0, 0.1) is 11.3 Å². The van der Waals surface area contributed by atoms with Crippen LogP contribution in [0.1, 0.15) is 24.8 Å². The number of likely N-dealkylation sites (tertiary alicyclic amines) is 1. The standard InChI is InChI=1S/C15H21N3S/c1-19-15-7-5-6-14(13(15)12-16)17-8-11-18-9-3-2-4-10-18/h5-7,17H,2-4,8-11H2,1H3. The van der Waals surface area contributed by atoms with Crippen LogP contribution in [0.4, 0.5) is 5.69 Å². The molecule has 0 amide bonds. The fourth-order valence-electron chi connectivity index (χ4n) is 2.50. The first kappa shape index (κ1) is 14.2. The highest BCUT2D eigenvalue weighted by Crippen LogP contribution is 2.26. The van der Waals surface area contributed by atoms with E-state index in [2.05, 4.69) is 16.3 Å². The molecular formula is C15H21N3S. The van der Waals surface area contributed by atoms with Gasteiger partial charge in [0.05, 0.1) is 11.3 Å². The molecule has 0 aliphatic carbocycles. The number of hydrogen-bond donors (Lipinski definition) is 1. The second-order valence-electron chi connectivity index (χ2n) is 4.82. The maximum atomic E-state index is 9.26. The van der Waals surface area contributed by atoms with Gasteiger partial charge < -0.3 is 10.2 Å². The van der Waals surface area contributed by atoms with Crippen molar-refractivity contribution < 1.29 is 0 Å². The first-order valence-corrected chi connectivity index (χ1v) is 8.11. The van der Waals surface area contributed by atoms with Gasteiger partial charge >= 0.3 is 0 Å². The molecule has 0 radical (unpaired) electrons. The molecule has 4 heteroatoms. The smallest absolute Gasteiger partial charge is 0.102 e. The third-order valence-electron chi connectivity index (χ3n) is 3.55. The van der Waals surface area contributed by atoms with E-state index >= 15 is 0 Å². The lowest BCUT2D eigenvalue weighted by molar-refractivity contribution is 0.237. The minimum Gasteiger partial charge on any atom is -0.383 e. The van der Waals surface area contributed by atoms with Gasteiger partial charge in [-0.1, -0.05) is 12.5 Å². The fraction of sp³-hybridized carbons (Fsp3) is 0.533. The van der Waals surface area contributed by atoms with Gasteiger partial charge in [0.15, 0.2) is 0 Å². The van der Waals surface area contributed by atoms with Crippen molar-refractivity contribution in [3.63, 3.8) is 0 Å². The van der Waals surface area contributed by atoms with E-state index in [4.69, 9.17) is 0 Å². The van der Waals surface area contributed by atoms with Gasteiger partial charge in [0, 0.05) is 18.0 Å². The summed E-state index contributed by atoms with van der Waals surface area (Å²) in [5.74, 6) is 0. The molecule has 1 aromatic rings. The van der Waals surface area contributed by atoms with E-state index < -0.39 is 0 Å². The lowest BCUT2D eigenvalue weighted by atomic mass is 10.1. The van der Waals surface area contributed by atoms with Crippen LogP contribution in [0.2, 0.25) is 0 Å². The van der Waals surface area contributed by atoms with E-state index in [0.717, 1.165) is 29.2 Å². The molecular weight excluding hydrogens is 254 g/mol. The third kappa shape index (κ3) is 3.89. The predicted molar refractivity (Wildman–Crippen MR) is 81.7 cm³/mol. The molecule has 1 heterocycles. The van der Waals surface area contributed by atoms with Crippen molar-refractivity contribution in [1.82, 2.24) is 4.90 Å². The van der Waals surface area contributed by atoms with Crippen molar-refractivity contribution in [1.29, 1.82) is 5.26 Å². The molecule has 0 atom stereocenters. The molecule has 0 aromatic heterocycles. The van der Waals surface area contributed by atoms with E-state index in [1.54, 1.807) is 11.8 Å². The average molecular weight is 275 g/mol. The van der Waals surface area contributed by atoms with Crippen LogP contribution < -0.4 is 5.32 Å². The fourth-order valence-corrected chi connectivity index (χ4v) is 3.07. The Morgan fingerprint density at radius 1 is 1.32 bits per heavy atom. The first-order chi connectivity index (χ1) is 9.35. The van der Waals surface area contributed by atoms with Crippen LogP contribution in [0.3, 0.4) is 0 Å². The summed E-state index contributed by atoms with van der Waals surface area (Å²) in [5, 5.41) is 12.7. The summed E-state index contributed by atoms with van der Waals surface area (Å²) in [5.41, 5.74) is 1.74. The molecule has 0 unspecified atom stereocenters. The number of nitrogens with zero attached hydrogens (tertiary/aromatic N) is 2. The van der Waals surface area contributed by atoms with Crippen molar-refractivity contribution in [2.24, 2.45) is 0 Å². The van der Waals surface area contributed by atoms with Crippen LogP contribution in [-0.2, 0) is 0 Å². The number of rotatable bonds is 5. The molecule has 1 saturated heterocycles. The molecule has 3 nitrogen and oxygen atoms in total. The van der Waals surface area contributed by atoms with Crippen LogP contribution in [0.5, 0.6) is 0 Å². The Labute approximate surface area is 120 Å². The minimum atomic E-state index is 0.772. The van der Waals surface area contributed by atoms with E-state index in [1.807, 2.05) is 24.5 Å². The maximum Gasteiger partial charge on any atom is 0.102 e. The largest absolute Gasteiger partial charge is 0.383 e. The molecule has 2 rings (SSSR count). The van der Waals surface area contributed by atoms with Gasteiger partial charge in [0.1, 0.15) is 6.07 Å². The summed E-state index contributed by atoms with van der Waals surface area (Å²) in [4.78, 5) is 3.55. The molecule has 0 spiro atoms. The summed E-state index contributed by atoms with van der Waals surface area (Å²) in [7, 11) is 0. The highest BCUT2D eigenvalue weighted by molar-refractivity contribution is 7.98. The SMILES string of the molecule is CSc1cccc(NCCN2CCCCC2)c1C#N. The Bertz CT molecular complexity index is 447. The van der Waals surface area contributed by atoms with Gasteiger partial charge in [-0.2, -0.15) is 5.26 Å². The molecule has 1 N–H and O–H groups in total. The third-order valence-corrected chi connectivity index (χ3v) is 4.33. The zero-order valence-electron chi connectivity index (χ0n) is 11.5. The number of nitrogens with one attached hydrogen (secondary N) is 1. The number of benzene rings is 1. The number of anilines is 1. The molecule has 1 aromatic carbocycles. The Kier molecular flexibility index (Phi) is 5.56. The molecule has 102 valence electrons. The van der Waals surface area contributed by atoms with Gasteiger partial charge in [0.25, 0.3) is 0 Å². The quantitative estimate of drug-likeness (QED) is 0.838. The first-order valence-electron chi connectivity index (χ1n) is 6.88. The summed E-state index contributed by atoms with van der Waals surface area (Å²) < 4.78 is 0. The zero-order valence-corrected chi connectivity index (χ0v) is 12.3. The van der Waals surface area contributed by atoms with Crippen molar-refractivity contribution >= 4 is 17.4 Å². The maximum absolute atomic E-state index is 9.26. The highest BCUT2D eigenvalue weighted by atomic mass is 32.2. The lowest BCUT2D eigenvalue weighted by Crippen LogP contribution is -2.33. The molecule has 1 fully saturated rings. The van der Waals surface area contributed by atoms with Crippen molar-refractivity contribution in [2.75, 3.05) is 37.8 Å². The van der Waals surface area contributed by atoms with Gasteiger partial charge in [-0.15, -0.1) is 11.8 Å². The van der Waals surface area contributed by atoms with Gasteiger partial charge in [-0.05, 0) is 44.3 Å². The topological polar surface area (TPSA) is 39.1 Å². The molecule has 1 aliphatic heterocycles. The summed E-state index contributed by atoms with van der Waals surface area (Å²) in [6.07, 6.45) is 6.03. The molecule has 0 saturated carbocycles. The van der Waals surface area contributed by atoms with E-state index in [0.29, 0.717) is 0 Å². The molecule has 0 bridgehead atoms. The monoisotopic (exact) mass is 275 g/mol. The summed E-state index contributed by atoms with van der Waals surface area (Å²) >= 11 is 1.62. The highest BCUT2D eigenvalue weighted by Gasteiger charge is 2.10. The number of hydrogen-bond acceptors (Lipinski definition) is 4. The second-order valence-corrected chi connectivity index (χ2v) is 5.67. The number of thioether (sulfide) groups is 1. The molecule has 19 heavy (non-hydrogen) atoms. The van der Waals surface area contributed by atoms with Crippen LogP contribution in [0.25, 0.3) is 0 Å². The Balaban J connectivity index is 1.90. The van der Waals surface area contributed by atoms with E-state index in [1.165, 1.54) is 32.4 Å². The minimum absolute atomic E-state index is 0.772.